The molecule has 3 aromatic rings. The Hall–Kier alpha value is -1.87. The maximum Gasteiger partial charge on any atom is 0.243 e. The Kier molecular flexibility index (Phi) is 4.46. The van der Waals surface area contributed by atoms with E-state index < -0.39 is 10.0 Å². The van der Waals surface area contributed by atoms with Crippen molar-refractivity contribution in [3.63, 3.8) is 0 Å². The summed E-state index contributed by atoms with van der Waals surface area (Å²) in [5, 5.41) is 1.57. The first-order valence-electron chi connectivity index (χ1n) is 9.08. The number of piperazine rings is 1. The van der Waals surface area contributed by atoms with Crippen LogP contribution in [-0.2, 0) is 16.4 Å². The molecule has 0 aliphatic carbocycles. The quantitative estimate of drug-likeness (QED) is 0.631. The van der Waals surface area contributed by atoms with Crippen molar-refractivity contribution in [3.8, 4) is 5.75 Å². The zero-order chi connectivity index (χ0) is 19.3. The molecule has 1 fully saturated rings. The minimum Gasteiger partial charge on any atom is -0.493 e. The van der Waals surface area contributed by atoms with E-state index in [-0.39, 0.29) is 0 Å². The Morgan fingerprint density at radius 2 is 1.89 bits per heavy atom. The van der Waals surface area contributed by atoms with Gasteiger partial charge < -0.3 is 9.64 Å². The van der Waals surface area contributed by atoms with Crippen LogP contribution in [0.25, 0.3) is 10.2 Å². The number of halogens is 1. The second-order valence-corrected chi connectivity index (χ2v) is 10.3. The van der Waals surface area contributed by atoms with Crippen molar-refractivity contribution in [1.29, 1.82) is 0 Å². The predicted octanol–water partition coefficient (Wildman–Crippen LogP) is 3.40. The van der Waals surface area contributed by atoms with Gasteiger partial charge >= 0.3 is 0 Å². The van der Waals surface area contributed by atoms with Crippen LogP contribution in [0.5, 0.6) is 5.75 Å². The third kappa shape index (κ3) is 3.14. The number of thiazole rings is 1. The van der Waals surface area contributed by atoms with Crippen LogP contribution < -0.4 is 9.64 Å². The Morgan fingerprint density at radius 3 is 2.71 bits per heavy atom. The molecule has 0 unspecified atom stereocenters. The third-order valence-corrected chi connectivity index (χ3v) is 8.37. The summed E-state index contributed by atoms with van der Waals surface area (Å²) < 4.78 is 34.2. The molecule has 0 amide bonds. The van der Waals surface area contributed by atoms with Gasteiger partial charge in [0.15, 0.2) is 5.13 Å². The molecule has 2 aromatic carbocycles. The molecule has 1 aromatic heterocycles. The fourth-order valence-corrected chi connectivity index (χ4v) is 6.25. The molecule has 28 heavy (non-hydrogen) atoms. The second-order valence-electron chi connectivity index (χ2n) is 6.87. The molecule has 3 heterocycles. The van der Waals surface area contributed by atoms with Crippen LogP contribution in [0.3, 0.4) is 0 Å². The minimum absolute atomic E-state index is 0.347. The third-order valence-electron chi connectivity index (χ3n) is 5.15. The fourth-order valence-electron chi connectivity index (χ4n) is 3.62. The number of hydrogen-bond acceptors (Lipinski definition) is 6. The van der Waals surface area contributed by atoms with Crippen molar-refractivity contribution in [2.45, 2.75) is 11.3 Å². The van der Waals surface area contributed by atoms with Gasteiger partial charge in [0.1, 0.15) is 5.75 Å². The van der Waals surface area contributed by atoms with E-state index in [2.05, 4.69) is 9.88 Å². The zero-order valence-electron chi connectivity index (χ0n) is 15.0. The van der Waals surface area contributed by atoms with E-state index in [4.69, 9.17) is 16.3 Å². The summed E-state index contributed by atoms with van der Waals surface area (Å²) >= 11 is 7.65. The number of ether oxygens (including phenoxy) is 1. The van der Waals surface area contributed by atoms with Gasteiger partial charge in [-0.1, -0.05) is 22.9 Å². The Bertz CT molecular complexity index is 1150. The summed E-state index contributed by atoms with van der Waals surface area (Å²) in [6, 6.07) is 10.8. The molecular weight excluding hydrogens is 418 g/mol. The predicted molar refractivity (Wildman–Crippen MR) is 111 cm³/mol. The smallest absolute Gasteiger partial charge is 0.243 e. The lowest BCUT2D eigenvalue weighted by molar-refractivity contribution is 0.356. The molecule has 9 heteroatoms. The van der Waals surface area contributed by atoms with E-state index in [0.29, 0.717) is 42.7 Å². The van der Waals surface area contributed by atoms with Gasteiger partial charge in [-0.25, -0.2) is 13.4 Å². The van der Waals surface area contributed by atoms with E-state index in [1.54, 1.807) is 33.8 Å². The van der Waals surface area contributed by atoms with Crippen LogP contribution in [0.15, 0.2) is 41.3 Å². The van der Waals surface area contributed by atoms with Gasteiger partial charge in [0.25, 0.3) is 0 Å². The highest BCUT2D eigenvalue weighted by atomic mass is 35.5. The molecule has 2 aliphatic rings. The molecule has 0 saturated carbocycles. The normalized spacial score (nSPS) is 17.7. The van der Waals surface area contributed by atoms with Gasteiger partial charge in [-0.15, -0.1) is 0 Å². The Morgan fingerprint density at radius 1 is 1.07 bits per heavy atom. The highest BCUT2D eigenvalue weighted by molar-refractivity contribution is 7.89. The number of sulfonamides is 1. The monoisotopic (exact) mass is 435 g/mol. The van der Waals surface area contributed by atoms with Gasteiger partial charge in [0.2, 0.25) is 10.0 Å². The largest absolute Gasteiger partial charge is 0.493 e. The number of hydrogen-bond donors (Lipinski definition) is 0. The fraction of sp³-hybridized carbons (Fsp3) is 0.316. The number of fused-ring (bicyclic) bond motifs is 2. The molecule has 146 valence electrons. The molecule has 0 N–H and O–H groups in total. The highest BCUT2D eigenvalue weighted by Crippen LogP contribution is 2.32. The summed E-state index contributed by atoms with van der Waals surface area (Å²) in [4.78, 5) is 7.15. The zero-order valence-corrected chi connectivity index (χ0v) is 17.4. The van der Waals surface area contributed by atoms with Gasteiger partial charge in [-0.3, -0.25) is 0 Å². The lowest BCUT2D eigenvalue weighted by Gasteiger charge is -2.33. The number of nitrogens with zero attached hydrogens (tertiary/aromatic N) is 3. The number of benzene rings is 2. The molecule has 1 saturated heterocycles. The maximum absolute atomic E-state index is 13.0. The van der Waals surface area contributed by atoms with E-state index in [9.17, 15) is 8.42 Å². The topological polar surface area (TPSA) is 62.7 Å². The summed E-state index contributed by atoms with van der Waals surface area (Å²) in [6.45, 7) is 2.71. The first-order chi connectivity index (χ1) is 13.5. The Labute approximate surface area is 172 Å². The molecule has 0 spiro atoms. The number of rotatable bonds is 3. The highest BCUT2D eigenvalue weighted by Gasteiger charge is 2.30. The van der Waals surface area contributed by atoms with Crippen LogP contribution in [-0.4, -0.2) is 50.5 Å². The van der Waals surface area contributed by atoms with Crippen LogP contribution >= 0.6 is 22.9 Å². The van der Waals surface area contributed by atoms with Gasteiger partial charge in [-0.2, -0.15) is 4.31 Å². The molecule has 2 aliphatic heterocycles. The van der Waals surface area contributed by atoms with Crippen molar-refractivity contribution < 1.29 is 13.2 Å². The van der Waals surface area contributed by atoms with E-state index >= 15 is 0 Å². The van der Waals surface area contributed by atoms with Gasteiger partial charge in [-0.05, 0) is 42.0 Å². The standard InChI is InChI=1S/C19H18ClN3O3S2/c20-14-1-4-18-16(12-14)21-19(27-18)22-6-8-23(9-7-22)28(24,25)15-2-3-17-13(11-15)5-10-26-17/h1-4,11-12H,5-10H2. The minimum atomic E-state index is -3.50. The van der Waals surface area contributed by atoms with Crippen molar-refractivity contribution >= 4 is 48.3 Å². The van der Waals surface area contributed by atoms with E-state index in [0.717, 1.165) is 33.1 Å². The molecule has 6 nitrogen and oxygen atoms in total. The molecule has 0 atom stereocenters. The maximum atomic E-state index is 13.0. The number of aromatic nitrogens is 1. The first kappa shape index (κ1) is 18.2. The second kappa shape index (κ2) is 6.88. The Balaban J connectivity index is 1.33. The average molecular weight is 436 g/mol. The SMILES string of the molecule is O=S(=O)(c1ccc2c(c1)CCO2)N1CCN(c2nc3cc(Cl)ccc3s2)CC1. The number of anilines is 1. The van der Waals surface area contributed by atoms with Crippen molar-refractivity contribution in [1.82, 2.24) is 9.29 Å². The van der Waals surface area contributed by atoms with Crippen LogP contribution in [0, 0.1) is 0 Å². The lowest BCUT2D eigenvalue weighted by Crippen LogP contribution is -2.48. The first-order valence-corrected chi connectivity index (χ1v) is 11.7. The van der Waals surface area contributed by atoms with E-state index in [1.807, 2.05) is 18.2 Å². The van der Waals surface area contributed by atoms with Crippen molar-refractivity contribution in [2.24, 2.45) is 0 Å². The van der Waals surface area contributed by atoms with Crippen molar-refractivity contribution in [2.75, 3.05) is 37.7 Å². The molecule has 5 rings (SSSR count). The average Bonchev–Trinajstić information content (AvgIpc) is 3.33. The van der Waals surface area contributed by atoms with Gasteiger partial charge in [0.05, 0.1) is 21.7 Å². The van der Waals surface area contributed by atoms with Crippen LogP contribution in [0.4, 0.5) is 5.13 Å². The summed E-state index contributed by atoms with van der Waals surface area (Å²) in [5.74, 6) is 0.791. The van der Waals surface area contributed by atoms with Gasteiger partial charge in [0, 0.05) is 37.6 Å². The summed E-state index contributed by atoms with van der Waals surface area (Å²) in [6.07, 6.45) is 0.758. The summed E-state index contributed by atoms with van der Waals surface area (Å²) in [7, 11) is -3.50. The molecule has 0 radical (unpaired) electrons. The van der Waals surface area contributed by atoms with Crippen molar-refractivity contribution in [3.05, 3.63) is 47.0 Å². The lowest BCUT2D eigenvalue weighted by atomic mass is 10.2. The van der Waals surface area contributed by atoms with Crippen LogP contribution in [0.1, 0.15) is 5.56 Å². The molecule has 0 bridgehead atoms. The summed E-state index contributed by atoms with van der Waals surface area (Å²) in [5.41, 5.74) is 1.84. The van der Waals surface area contributed by atoms with E-state index in [1.165, 1.54) is 0 Å². The van der Waals surface area contributed by atoms with Crippen LogP contribution in [0.2, 0.25) is 5.02 Å². The molecular formula is C19H18ClN3O3S2.